The predicted octanol–water partition coefficient (Wildman–Crippen LogP) is 1.40. The molecule has 0 saturated heterocycles. The van der Waals surface area contributed by atoms with E-state index in [1.165, 1.54) is 0 Å². The molecule has 1 aromatic rings. The second-order valence-electron chi connectivity index (χ2n) is 4.22. The van der Waals surface area contributed by atoms with Crippen molar-refractivity contribution in [3.05, 3.63) is 35.9 Å². The highest BCUT2D eigenvalue weighted by atomic mass is 16.4. The summed E-state index contributed by atoms with van der Waals surface area (Å²) in [5, 5.41) is 18.0. The lowest BCUT2D eigenvalue weighted by atomic mass is 9.94. The maximum Gasteiger partial charge on any atom is 0.310 e. The van der Waals surface area contributed by atoms with Gasteiger partial charge in [-0.05, 0) is 18.4 Å². The molecular weight excluding hydrogens is 208 g/mol. The lowest BCUT2D eigenvalue weighted by molar-refractivity contribution is -0.149. The van der Waals surface area contributed by atoms with E-state index >= 15 is 0 Å². The summed E-state index contributed by atoms with van der Waals surface area (Å²) in [6.07, 6.45) is 0.521. The molecule has 1 aliphatic rings. The van der Waals surface area contributed by atoms with Gasteiger partial charge in [0.1, 0.15) is 0 Å². The maximum absolute atomic E-state index is 11.1. The fraction of sp³-hybridized carbons (Fsp3) is 0.333. The Bertz CT molecular complexity index is 426. The Balaban J connectivity index is 2.19. The van der Waals surface area contributed by atoms with E-state index in [1.54, 1.807) is 0 Å². The first-order chi connectivity index (χ1) is 7.56. The van der Waals surface area contributed by atoms with Crippen LogP contribution in [0, 0.1) is 11.3 Å². The first kappa shape index (κ1) is 10.7. The van der Waals surface area contributed by atoms with Crippen LogP contribution in [0.1, 0.15) is 12.0 Å². The molecule has 1 saturated carbocycles. The van der Waals surface area contributed by atoms with Crippen molar-refractivity contribution in [1.82, 2.24) is 0 Å². The van der Waals surface area contributed by atoms with Gasteiger partial charge in [0.15, 0.2) is 0 Å². The normalized spacial score (nSPS) is 27.4. The number of carboxylic acid groups (broad SMARTS) is 2. The highest BCUT2D eigenvalue weighted by molar-refractivity contribution is 5.89. The zero-order valence-electron chi connectivity index (χ0n) is 8.59. The van der Waals surface area contributed by atoms with E-state index in [-0.39, 0.29) is 6.42 Å². The summed E-state index contributed by atoms with van der Waals surface area (Å²) in [5.74, 6) is -2.77. The molecule has 1 aromatic carbocycles. The molecule has 1 fully saturated rings. The largest absolute Gasteiger partial charge is 0.481 e. The molecule has 2 rings (SSSR count). The summed E-state index contributed by atoms with van der Waals surface area (Å²) in [6.45, 7) is 0. The van der Waals surface area contributed by atoms with Crippen molar-refractivity contribution < 1.29 is 19.8 Å². The molecule has 16 heavy (non-hydrogen) atoms. The lowest BCUT2D eigenvalue weighted by Crippen LogP contribution is -2.23. The summed E-state index contributed by atoms with van der Waals surface area (Å²) >= 11 is 0. The van der Waals surface area contributed by atoms with E-state index in [4.69, 9.17) is 10.2 Å². The number of rotatable bonds is 4. The molecule has 1 aliphatic carbocycles. The average Bonchev–Trinajstić information content (AvgIpc) is 2.95. The van der Waals surface area contributed by atoms with Crippen LogP contribution in [0.4, 0.5) is 0 Å². The molecule has 4 heteroatoms. The smallest absolute Gasteiger partial charge is 0.310 e. The van der Waals surface area contributed by atoms with Gasteiger partial charge in [-0.2, -0.15) is 0 Å². The van der Waals surface area contributed by atoms with E-state index in [9.17, 15) is 9.59 Å². The van der Waals surface area contributed by atoms with E-state index in [0.717, 1.165) is 5.56 Å². The second-order valence-corrected chi connectivity index (χ2v) is 4.22. The summed E-state index contributed by atoms with van der Waals surface area (Å²) in [7, 11) is 0. The number of aliphatic carboxylic acids is 2. The highest BCUT2D eigenvalue weighted by Gasteiger charge is 2.64. The van der Waals surface area contributed by atoms with Gasteiger partial charge in [0.2, 0.25) is 0 Å². The summed E-state index contributed by atoms with van der Waals surface area (Å²) in [5.41, 5.74) is -0.221. The minimum atomic E-state index is -1.09. The molecule has 4 nitrogen and oxygen atoms in total. The molecule has 0 spiro atoms. The minimum absolute atomic E-state index is 0.229. The van der Waals surface area contributed by atoms with Gasteiger partial charge < -0.3 is 10.2 Å². The SMILES string of the molecule is O=C(O)C1CC1(Cc1ccccc1)C(=O)O. The van der Waals surface area contributed by atoms with Crippen LogP contribution in [-0.2, 0) is 16.0 Å². The number of carbonyl (C=O) groups is 2. The van der Waals surface area contributed by atoms with Crippen LogP contribution < -0.4 is 0 Å². The quantitative estimate of drug-likeness (QED) is 0.804. The highest BCUT2D eigenvalue weighted by Crippen LogP contribution is 2.55. The molecule has 2 N–H and O–H groups in total. The fourth-order valence-corrected chi connectivity index (χ4v) is 2.10. The summed E-state index contributed by atoms with van der Waals surface area (Å²) in [4.78, 5) is 21.9. The Morgan fingerprint density at radius 3 is 2.31 bits per heavy atom. The molecule has 0 heterocycles. The first-order valence-corrected chi connectivity index (χ1v) is 5.06. The van der Waals surface area contributed by atoms with Gasteiger partial charge in [-0.25, -0.2) is 0 Å². The molecule has 0 aliphatic heterocycles. The third kappa shape index (κ3) is 1.66. The molecule has 2 unspecified atom stereocenters. The Kier molecular flexibility index (Phi) is 2.42. The zero-order chi connectivity index (χ0) is 11.8. The Labute approximate surface area is 92.5 Å². The molecule has 84 valence electrons. The number of hydrogen-bond acceptors (Lipinski definition) is 2. The van der Waals surface area contributed by atoms with Crippen LogP contribution in [0.3, 0.4) is 0 Å². The monoisotopic (exact) mass is 220 g/mol. The minimum Gasteiger partial charge on any atom is -0.481 e. The lowest BCUT2D eigenvalue weighted by Gasteiger charge is -2.10. The van der Waals surface area contributed by atoms with Gasteiger partial charge in [-0.3, -0.25) is 9.59 Å². The van der Waals surface area contributed by atoms with Gasteiger partial charge in [-0.15, -0.1) is 0 Å². The van der Waals surface area contributed by atoms with E-state index in [2.05, 4.69) is 0 Å². The van der Waals surface area contributed by atoms with Crippen LogP contribution in [0.25, 0.3) is 0 Å². The van der Waals surface area contributed by atoms with Crippen molar-refractivity contribution in [2.45, 2.75) is 12.8 Å². The van der Waals surface area contributed by atoms with Gasteiger partial charge in [0.05, 0.1) is 11.3 Å². The molecule has 0 amide bonds. The standard InChI is InChI=1S/C12H12O4/c13-10(14)9-7-12(9,11(15)16)6-8-4-2-1-3-5-8/h1-5,9H,6-7H2,(H,13,14)(H,15,16). The molecule has 0 bridgehead atoms. The van der Waals surface area contributed by atoms with Crippen LogP contribution in [-0.4, -0.2) is 22.2 Å². The van der Waals surface area contributed by atoms with Crippen molar-refractivity contribution in [2.24, 2.45) is 11.3 Å². The summed E-state index contributed by atoms with van der Waals surface area (Å²) < 4.78 is 0. The number of benzene rings is 1. The van der Waals surface area contributed by atoms with Crippen LogP contribution >= 0.6 is 0 Å². The maximum atomic E-state index is 11.1. The van der Waals surface area contributed by atoms with E-state index in [1.807, 2.05) is 30.3 Å². The first-order valence-electron chi connectivity index (χ1n) is 5.06. The van der Waals surface area contributed by atoms with Crippen LogP contribution in [0.5, 0.6) is 0 Å². The summed E-state index contributed by atoms with van der Waals surface area (Å²) in [6, 6.07) is 9.13. The Morgan fingerprint density at radius 1 is 1.25 bits per heavy atom. The van der Waals surface area contributed by atoms with Crippen molar-refractivity contribution in [2.75, 3.05) is 0 Å². The van der Waals surface area contributed by atoms with Gasteiger partial charge in [-0.1, -0.05) is 30.3 Å². The second kappa shape index (κ2) is 3.63. The van der Waals surface area contributed by atoms with Crippen molar-refractivity contribution in [3.63, 3.8) is 0 Å². The van der Waals surface area contributed by atoms with Gasteiger partial charge in [0, 0.05) is 0 Å². The van der Waals surface area contributed by atoms with Gasteiger partial charge >= 0.3 is 11.9 Å². The predicted molar refractivity (Wildman–Crippen MR) is 56.0 cm³/mol. The molecule has 2 atom stereocenters. The van der Waals surface area contributed by atoms with Crippen molar-refractivity contribution >= 4 is 11.9 Å². The van der Waals surface area contributed by atoms with Crippen molar-refractivity contribution in [1.29, 1.82) is 0 Å². The zero-order valence-corrected chi connectivity index (χ0v) is 8.59. The van der Waals surface area contributed by atoms with Crippen LogP contribution in [0.15, 0.2) is 30.3 Å². The average molecular weight is 220 g/mol. The topological polar surface area (TPSA) is 74.6 Å². The van der Waals surface area contributed by atoms with E-state index < -0.39 is 23.3 Å². The molecule has 0 aromatic heterocycles. The Hall–Kier alpha value is -1.84. The van der Waals surface area contributed by atoms with Crippen molar-refractivity contribution in [3.8, 4) is 0 Å². The Morgan fingerprint density at radius 2 is 1.88 bits per heavy atom. The van der Waals surface area contributed by atoms with Crippen LogP contribution in [0.2, 0.25) is 0 Å². The third-order valence-electron chi connectivity index (χ3n) is 3.16. The number of carboxylic acids is 2. The third-order valence-corrected chi connectivity index (χ3v) is 3.16. The molecule has 0 radical (unpaired) electrons. The number of hydrogen-bond donors (Lipinski definition) is 2. The fourth-order valence-electron chi connectivity index (χ4n) is 2.10. The van der Waals surface area contributed by atoms with E-state index in [0.29, 0.717) is 6.42 Å². The van der Waals surface area contributed by atoms with Gasteiger partial charge in [0.25, 0.3) is 0 Å². The molecular formula is C12H12O4.